The maximum atomic E-state index is 10.6. The van der Waals surface area contributed by atoms with Gasteiger partial charge in [-0.05, 0) is 13.3 Å². The number of aliphatic hydroxyl groups excluding tert-OH is 1. The fourth-order valence-corrected chi connectivity index (χ4v) is 1.61. The Kier molecular flexibility index (Phi) is 4.69. The predicted octanol–water partition coefficient (Wildman–Crippen LogP) is -0.419. The summed E-state index contributed by atoms with van der Waals surface area (Å²) >= 11 is 0. The van der Waals surface area contributed by atoms with Crippen LogP contribution in [0, 0.1) is 0 Å². The van der Waals surface area contributed by atoms with Gasteiger partial charge in [-0.2, -0.15) is 8.42 Å². The van der Waals surface area contributed by atoms with E-state index in [2.05, 4.69) is 5.32 Å². The minimum Gasteiger partial charge on any atom is -0.395 e. The van der Waals surface area contributed by atoms with E-state index in [0.29, 0.717) is 0 Å². The topological polar surface area (TPSA) is 86.6 Å². The minimum absolute atomic E-state index is 0.161. The largest absolute Gasteiger partial charge is 0.395 e. The third-order valence-electron chi connectivity index (χ3n) is 1.47. The Balaban J connectivity index is 4.20. The van der Waals surface area contributed by atoms with Crippen LogP contribution in [-0.4, -0.2) is 36.1 Å². The normalized spacial score (nSPS) is 17.3. The SMILES string of the molecule is CCC(N[C@H](C)CO)S(=O)(=O)O. The number of hydrogen-bond acceptors (Lipinski definition) is 4. The van der Waals surface area contributed by atoms with E-state index in [4.69, 9.17) is 9.66 Å². The Morgan fingerprint density at radius 1 is 1.50 bits per heavy atom. The first-order valence-corrected chi connectivity index (χ1v) is 5.25. The van der Waals surface area contributed by atoms with Gasteiger partial charge in [0, 0.05) is 6.04 Å². The van der Waals surface area contributed by atoms with Crippen molar-refractivity contribution in [3.8, 4) is 0 Å². The molecule has 12 heavy (non-hydrogen) atoms. The van der Waals surface area contributed by atoms with Gasteiger partial charge in [0.2, 0.25) is 0 Å². The second kappa shape index (κ2) is 4.76. The van der Waals surface area contributed by atoms with Crippen molar-refractivity contribution < 1.29 is 18.1 Å². The van der Waals surface area contributed by atoms with Crippen molar-refractivity contribution in [2.75, 3.05) is 6.61 Å². The van der Waals surface area contributed by atoms with Gasteiger partial charge < -0.3 is 5.11 Å². The van der Waals surface area contributed by atoms with Crippen molar-refractivity contribution >= 4 is 10.1 Å². The average molecular weight is 197 g/mol. The molecule has 0 aromatic heterocycles. The molecule has 0 aliphatic carbocycles. The van der Waals surface area contributed by atoms with Crippen molar-refractivity contribution in [2.45, 2.75) is 31.7 Å². The van der Waals surface area contributed by atoms with Crippen molar-refractivity contribution in [3.05, 3.63) is 0 Å². The van der Waals surface area contributed by atoms with E-state index in [1.807, 2.05) is 0 Å². The van der Waals surface area contributed by atoms with Crippen LogP contribution in [0.4, 0.5) is 0 Å². The third kappa shape index (κ3) is 4.01. The second-order valence-corrected chi connectivity index (χ2v) is 4.26. The van der Waals surface area contributed by atoms with Crippen LogP contribution in [0.3, 0.4) is 0 Å². The smallest absolute Gasteiger partial charge is 0.281 e. The van der Waals surface area contributed by atoms with Crippen molar-refractivity contribution in [2.24, 2.45) is 0 Å². The second-order valence-electron chi connectivity index (χ2n) is 2.66. The molecule has 0 saturated heterocycles. The molecule has 0 rings (SSSR count). The monoisotopic (exact) mass is 197 g/mol. The molecule has 3 N–H and O–H groups in total. The van der Waals surface area contributed by atoms with Gasteiger partial charge in [0.1, 0.15) is 5.37 Å². The van der Waals surface area contributed by atoms with E-state index in [1.54, 1.807) is 13.8 Å². The van der Waals surface area contributed by atoms with Crippen LogP contribution in [0.15, 0.2) is 0 Å². The highest BCUT2D eigenvalue weighted by molar-refractivity contribution is 7.86. The summed E-state index contributed by atoms with van der Waals surface area (Å²) in [5, 5.41) is 10.2. The molecule has 0 radical (unpaired) electrons. The molecule has 0 aliphatic heterocycles. The lowest BCUT2D eigenvalue weighted by atomic mass is 10.3. The van der Waals surface area contributed by atoms with Crippen molar-refractivity contribution in [1.82, 2.24) is 5.32 Å². The van der Waals surface area contributed by atoms with E-state index < -0.39 is 15.5 Å². The number of nitrogens with one attached hydrogen (secondary N) is 1. The van der Waals surface area contributed by atoms with E-state index >= 15 is 0 Å². The van der Waals surface area contributed by atoms with Crippen LogP contribution >= 0.6 is 0 Å². The lowest BCUT2D eigenvalue weighted by Crippen LogP contribution is -2.42. The summed E-state index contributed by atoms with van der Waals surface area (Å²) in [6.45, 7) is 3.11. The van der Waals surface area contributed by atoms with Crippen LogP contribution in [0.2, 0.25) is 0 Å². The molecule has 0 aromatic carbocycles. The average Bonchev–Trinajstić information content (AvgIpc) is 1.97. The highest BCUT2D eigenvalue weighted by Gasteiger charge is 2.21. The predicted molar refractivity (Wildman–Crippen MR) is 45.3 cm³/mol. The molecule has 0 fully saturated rings. The van der Waals surface area contributed by atoms with Crippen molar-refractivity contribution in [3.63, 3.8) is 0 Å². The van der Waals surface area contributed by atoms with E-state index in [-0.39, 0.29) is 19.1 Å². The third-order valence-corrected chi connectivity index (χ3v) is 2.66. The van der Waals surface area contributed by atoms with Gasteiger partial charge in [0.25, 0.3) is 10.1 Å². The molecular formula is C6H15NO4S. The van der Waals surface area contributed by atoms with Gasteiger partial charge in [-0.15, -0.1) is 0 Å². The highest BCUT2D eigenvalue weighted by Crippen LogP contribution is 2.00. The molecule has 6 heteroatoms. The van der Waals surface area contributed by atoms with Crippen LogP contribution < -0.4 is 5.32 Å². The van der Waals surface area contributed by atoms with Gasteiger partial charge in [-0.3, -0.25) is 9.87 Å². The van der Waals surface area contributed by atoms with Gasteiger partial charge >= 0.3 is 0 Å². The summed E-state index contributed by atoms with van der Waals surface area (Å²) in [5.74, 6) is 0. The molecule has 0 spiro atoms. The zero-order valence-corrected chi connectivity index (χ0v) is 8.00. The molecule has 1 unspecified atom stereocenters. The quantitative estimate of drug-likeness (QED) is 0.521. The Morgan fingerprint density at radius 3 is 2.25 bits per heavy atom. The summed E-state index contributed by atoms with van der Waals surface area (Å²) in [6.07, 6.45) is 0.267. The molecule has 74 valence electrons. The van der Waals surface area contributed by atoms with Crippen LogP contribution in [0.25, 0.3) is 0 Å². The Morgan fingerprint density at radius 2 is 2.00 bits per heavy atom. The molecule has 0 saturated carbocycles. The van der Waals surface area contributed by atoms with Crippen LogP contribution in [0.1, 0.15) is 20.3 Å². The summed E-state index contributed by atoms with van der Waals surface area (Å²) < 4.78 is 29.9. The molecule has 2 atom stereocenters. The van der Waals surface area contributed by atoms with Gasteiger partial charge in [0.05, 0.1) is 6.61 Å². The lowest BCUT2D eigenvalue weighted by Gasteiger charge is -2.17. The Hall–Kier alpha value is -0.170. The summed E-state index contributed by atoms with van der Waals surface area (Å²) in [7, 11) is -4.04. The molecular weight excluding hydrogens is 182 g/mol. The first kappa shape index (κ1) is 11.8. The highest BCUT2D eigenvalue weighted by atomic mass is 32.2. The van der Waals surface area contributed by atoms with Gasteiger partial charge in [0.15, 0.2) is 0 Å². The molecule has 0 heterocycles. The first-order valence-electron chi connectivity index (χ1n) is 3.75. The minimum atomic E-state index is -4.04. The van der Waals surface area contributed by atoms with Crippen LogP contribution in [0.5, 0.6) is 0 Å². The summed E-state index contributed by atoms with van der Waals surface area (Å²) in [6, 6.07) is -0.336. The Bertz CT molecular complexity index is 214. The fourth-order valence-electron chi connectivity index (χ4n) is 0.784. The zero-order chi connectivity index (χ0) is 9.78. The summed E-state index contributed by atoms with van der Waals surface area (Å²) in [5.41, 5.74) is 0. The molecule has 0 aromatic rings. The number of aliphatic hydroxyl groups is 1. The van der Waals surface area contributed by atoms with E-state index in [1.165, 1.54) is 0 Å². The Labute approximate surface area is 72.5 Å². The fraction of sp³-hybridized carbons (Fsp3) is 1.00. The number of hydrogen-bond donors (Lipinski definition) is 3. The first-order chi connectivity index (χ1) is 5.41. The van der Waals surface area contributed by atoms with Crippen LogP contribution in [-0.2, 0) is 10.1 Å². The van der Waals surface area contributed by atoms with E-state index in [9.17, 15) is 8.42 Å². The molecule has 0 bridgehead atoms. The lowest BCUT2D eigenvalue weighted by molar-refractivity contribution is 0.246. The maximum absolute atomic E-state index is 10.6. The van der Waals surface area contributed by atoms with Gasteiger partial charge in [-0.25, -0.2) is 0 Å². The van der Waals surface area contributed by atoms with Gasteiger partial charge in [-0.1, -0.05) is 6.92 Å². The van der Waals surface area contributed by atoms with E-state index in [0.717, 1.165) is 0 Å². The molecule has 5 nitrogen and oxygen atoms in total. The molecule has 0 amide bonds. The number of rotatable bonds is 5. The standard InChI is InChI=1S/C6H15NO4S/c1-3-6(12(9,10)11)7-5(2)4-8/h5-8H,3-4H2,1-2H3,(H,9,10,11)/t5-,6?/m1/s1. The molecule has 0 aliphatic rings. The maximum Gasteiger partial charge on any atom is 0.281 e. The van der Waals surface area contributed by atoms with Crippen molar-refractivity contribution in [1.29, 1.82) is 0 Å². The zero-order valence-electron chi connectivity index (χ0n) is 7.19. The summed E-state index contributed by atoms with van der Waals surface area (Å²) in [4.78, 5) is 0.